The van der Waals surface area contributed by atoms with Crippen LogP contribution in [0.1, 0.15) is 32.8 Å². The van der Waals surface area contributed by atoms with E-state index < -0.39 is 21.7 Å². The lowest BCUT2D eigenvalue weighted by atomic mass is 10.2. The number of alkyl carbamates (subject to hydrolysis) is 1. The van der Waals surface area contributed by atoms with Crippen molar-refractivity contribution in [3.8, 4) is 6.07 Å². The lowest BCUT2D eigenvalue weighted by molar-refractivity contribution is 0.0527. The molecule has 0 aliphatic heterocycles. The van der Waals surface area contributed by atoms with Crippen LogP contribution < -0.4 is 10.0 Å². The minimum Gasteiger partial charge on any atom is -0.444 e. The van der Waals surface area contributed by atoms with Crippen molar-refractivity contribution in [1.29, 1.82) is 5.26 Å². The van der Waals surface area contributed by atoms with E-state index in [0.717, 1.165) is 0 Å². The molecule has 0 saturated heterocycles. The molecule has 7 nitrogen and oxygen atoms in total. The Morgan fingerprint density at radius 3 is 2.35 bits per heavy atom. The Kier molecular flexibility index (Phi) is 6.54. The van der Waals surface area contributed by atoms with Gasteiger partial charge in [0, 0.05) is 13.1 Å². The number of hydrogen-bond acceptors (Lipinski definition) is 5. The van der Waals surface area contributed by atoms with Gasteiger partial charge in [-0.1, -0.05) is 0 Å². The highest BCUT2D eigenvalue weighted by molar-refractivity contribution is 7.89. The van der Waals surface area contributed by atoms with Gasteiger partial charge in [-0.2, -0.15) is 5.26 Å². The molecule has 1 aromatic carbocycles. The van der Waals surface area contributed by atoms with Crippen LogP contribution >= 0.6 is 0 Å². The molecule has 0 spiro atoms. The van der Waals surface area contributed by atoms with E-state index in [2.05, 4.69) is 10.0 Å². The van der Waals surface area contributed by atoms with Gasteiger partial charge >= 0.3 is 6.09 Å². The number of sulfonamides is 1. The number of nitriles is 1. The van der Waals surface area contributed by atoms with Crippen LogP contribution in [0.5, 0.6) is 0 Å². The fourth-order valence-corrected chi connectivity index (χ4v) is 2.67. The van der Waals surface area contributed by atoms with E-state index in [4.69, 9.17) is 10.00 Å². The zero-order valence-corrected chi connectivity index (χ0v) is 14.2. The van der Waals surface area contributed by atoms with Gasteiger partial charge in [0.05, 0.1) is 16.5 Å². The third kappa shape index (κ3) is 7.13. The summed E-state index contributed by atoms with van der Waals surface area (Å²) in [5.41, 5.74) is -0.174. The van der Waals surface area contributed by atoms with Crippen molar-refractivity contribution in [2.24, 2.45) is 0 Å². The summed E-state index contributed by atoms with van der Waals surface area (Å²) in [5.74, 6) is 0. The number of benzene rings is 1. The monoisotopic (exact) mass is 339 g/mol. The second-order valence-electron chi connectivity index (χ2n) is 5.82. The molecule has 0 aromatic heterocycles. The third-order valence-corrected chi connectivity index (χ3v) is 4.08. The van der Waals surface area contributed by atoms with Gasteiger partial charge in [0.15, 0.2) is 0 Å². The smallest absolute Gasteiger partial charge is 0.407 e. The maximum Gasteiger partial charge on any atom is 0.407 e. The zero-order chi connectivity index (χ0) is 17.5. The molecule has 0 aliphatic carbocycles. The van der Waals surface area contributed by atoms with Gasteiger partial charge in [0.2, 0.25) is 10.0 Å². The van der Waals surface area contributed by atoms with Crippen LogP contribution in [-0.2, 0) is 14.8 Å². The van der Waals surface area contributed by atoms with E-state index in [-0.39, 0.29) is 11.4 Å². The normalized spacial score (nSPS) is 11.6. The molecule has 23 heavy (non-hydrogen) atoms. The van der Waals surface area contributed by atoms with Crippen molar-refractivity contribution in [1.82, 2.24) is 10.0 Å². The lowest BCUT2D eigenvalue weighted by Crippen LogP contribution is -2.34. The van der Waals surface area contributed by atoms with E-state index in [1.165, 1.54) is 24.3 Å². The first kappa shape index (κ1) is 18.9. The van der Waals surface area contributed by atoms with E-state index in [9.17, 15) is 13.2 Å². The van der Waals surface area contributed by atoms with Crippen LogP contribution in [0.2, 0.25) is 0 Å². The molecular weight excluding hydrogens is 318 g/mol. The Labute approximate surface area is 136 Å². The molecule has 1 amide bonds. The van der Waals surface area contributed by atoms with Crippen LogP contribution in [0.25, 0.3) is 0 Å². The summed E-state index contributed by atoms with van der Waals surface area (Å²) in [6, 6.07) is 7.56. The van der Waals surface area contributed by atoms with E-state index in [1.54, 1.807) is 20.8 Å². The number of hydrogen-bond donors (Lipinski definition) is 2. The van der Waals surface area contributed by atoms with Gasteiger partial charge in [-0.25, -0.2) is 17.9 Å². The van der Waals surface area contributed by atoms with E-state index in [0.29, 0.717) is 18.5 Å². The highest BCUT2D eigenvalue weighted by Crippen LogP contribution is 2.10. The number of rotatable bonds is 6. The Bertz CT molecular complexity index is 670. The molecule has 0 fully saturated rings. The Morgan fingerprint density at radius 1 is 1.22 bits per heavy atom. The summed E-state index contributed by atoms with van der Waals surface area (Å²) < 4.78 is 31.5. The summed E-state index contributed by atoms with van der Waals surface area (Å²) in [5, 5.41) is 11.2. The largest absolute Gasteiger partial charge is 0.444 e. The quantitative estimate of drug-likeness (QED) is 0.768. The number of amides is 1. The number of carbonyl (C=O) groups is 1. The third-order valence-electron chi connectivity index (χ3n) is 2.61. The van der Waals surface area contributed by atoms with Crippen molar-refractivity contribution in [3.05, 3.63) is 29.8 Å². The maximum absolute atomic E-state index is 12.0. The van der Waals surface area contributed by atoms with Crippen molar-refractivity contribution in [2.45, 2.75) is 37.7 Å². The average molecular weight is 339 g/mol. The maximum atomic E-state index is 12.0. The molecule has 0 radical (unpaired) electrons. The summed E-state index contributed by atoms with van der Waals surface area (Å²) in [6.45, 7) is 5.76. The minimum absolute atomic E-state index is 0.0941. The van der Waals surface area contributed by atoms with Gasteiger partial charge in [-0.15, -0.1) is 0 Å². The average Bonchev–Trinajstić information content (AvgIpc) is 2.45. The number of nitrogens with zero attached hydrogens (tertiary/aromatic N) is 1. The highest BCUT2D eigenvalue weighted by Gasteiger charge is 2.16. The number of ether oxygens (including phenoxy) is 1. The lowest BCUT2D eigenvalue weighted by Gasteiger charge is -2.19. The van der Waals surface area contributed by atoms with Crippen molar-refractivity contribution < 1.29 is 17.9 Å². The predicted octanol–water partition coefficient (Wildman–Crippen LogP) is 1.75. The van der Waals surface area contributed by atoms with Gasteiger partial charge in [0.25, 0.3) is 0 Å². The predicted molar refractivity (Wildman–Crippen MR) is 85.2 cm³/mol. The standard InChI is InChI=1S/C15H21N3O4S/c1-15(2,3)22-14(19)17-9-4-10-18-23(20,21)13-7-5-12(11-16)6-8-13/h5-8,18H,4,9-10H2,1-3H3,(H,17,19). The molecular formula is C15H21N3O4S. The minimum atomic E-state index is -3.62. The van der Waals surface area contributed by atoms with Gasteiger partial charge in [0.1, 0.15) is 5.60 Å². The zero-order valence-electron chi connectivity index (χ0n) is 13.4. The first-order valence-electron chi connectivity index (χ1n) is 7.11. The fraction of sp³-hybridized carbons (Fsp3) is 0.467. The molecule has 8 heteroatoms. The summed E-state index contributed by atoms with van der Waals surface area (Å²) in [6.07, 6.45) is -0.109. The molecule has 0 atom stereocenters. The van der Waals surface area contributed by atoms with Crippen molar-refractivity contribution in [2.75, 3.05) is 13.1 Å². The highest BCUT2D eigenvalue weighted by atomic mass is 32.2. The Morgan fingerprint density at radius 2 is 1.83 bits per heavy atom. The SMILES string of the molecule is CC(C)(C)OC(=O)NCCCNS(=O)(=O)c1ccc(C#N)cc1. The molecule has 0 unspecified atom stereocenters. The van der Waals surface area contributed by atoms with Crippen LogP contribution in [0.3, 0.4) is 0 Å². The van der Waals surface area contributed by atoms with Crippen LogP contribution in [0.4, 0.5) is 4.79 Å². The van der Waals surface area contributed by atoms with Crippen molar-refractivity contribution >= 4 is 16.1 Å². The summed E-state index contributed by atoms with van der Waals surface area (Å²) in [7, 11) is -3.62. The van der Waals surface area contributed by atoms with Crippen LogP contribution in [0, 0.1) is 11.3 Å². The topological polar surface area (TPSA) is 108 Å². The summed E-state index contributed by atoms with van der Waals surface area (Å²) in [4.78, 5) is 11.5. The Hall–Kier alpha value is -2.11. The molecule has 2 N–H and O–H groups in total. The molecule has 126 valence electrons. The van der Waals surface area contributed by atoms with E-state index >= 15 is 0 Å². The first-order chi connectivity index (χ1) is 10.6. The van der Waals surface area contributed by atoms with Crippen molar-refractivity contribution in [3.63, 3.8) is 0 Å². The second kappa shape index (κ2) is 7.94. The van der Waals surface area contributed by atoms with Crippen LogP contribution in [-0.4, -0.2) is 33.2 Å². The molecule has 1 aromatic rings. The summed E-state index contributed by atoms with van der Waals surface area (Å²) >= 11 is 0. The molecule has 0 saturated carbocycles. The fourth-order valence-electron chi connectivity index (χ4n) is 1.59. The first-order valence-corrected chi connectivity index (χ1v) is 8.59. The molecule has 0 aliphatic rings. The molecule has 0 heterocycles. The number of nitrogens with one attached hydrogen (secondary N) is 2. The molecule has 1 rings (SSSR count). The number of carbonyl (C=O) groups excluding carboxylic acids is 1. The van der Waals surface area contributed by atoms with Gasteiger partial charge in [-0.3, -0.25) is 0 Å². The van der Waals surface area contributed by atoms with Gasteiger partial charge < -0.3 is 10.1 Å². The molecule has 0 bridgehead atoms. The second-order valence-corrected chi connectivity index (χ2v) is 7.58. The van der Waals surface area contributed by atoms with E-state index in [1.807, 2.05) is 6.07 Å². The van der Waals surface area contributed by atoms with Crippen LogP contribution in [0.15, 0.2) is 29.2 Å². The Balaban J connectivity index is 2.37. The van der Waals surface area contributed by atoms with Gasteiger partial charge in [-0.05, 0) is 51.5 Å².